The van der Waals surface area contributed by atoms with Gasteiger partial charge in [-0.3, -0.25) is 4.98 Å². The van der Waals surface area contributed by atoms with E-state index in [9.17, 15) is 4.79 Å². The summed E-state index contributed by atoms with van der Waals surface area (Å²) in [7, 11) is 0. The van der Waals surface area contributed by atoms with E-state index in [2.05, 4.69) is 26.0 Å². The first-order valence-electron chi connectivity index (χ1n) is 8.18. The zero-order valence-electron chi connectivity index (χ0n) is 14.0. The van der Waals surface area contributed by atoms with Crippen LogP contribution in [-0.4, -0.2) is 40.9 Å². The fourth-order valence-electron chi connectivity index (χ4n) is 2.34. The van der Waals surface area contributed by atoms with Crippen molar-refractivity contribution < 1.29 is 14.3 Å². The summed E-state index contributed by atoms with van der Waals surface area (Å²) in [5, 5.41) is 4.64. The van der Waals surface area contributed by atoms with E-state index in [0.29, 0.717) is 26.2 Å². The van der Waals surface area contributed by atoms with Crippen molar-refractivity contribution in [1.82, 2.24) is 14.8 Å². The molecule has 3 rings (SSSR count). The van der Waals surface area contributed by atoms with Crippen LogP contribution in [0.4, 0.5) is 0 Å². The normalized spacial score (nSPS) is 10.7. The number of aromatic nitrogens is 3. The monoisotopic (exact) mass is 415 g/mol. The molecule has 1 aromatic carbocycles. The van der Waals surface area contributed by atoms with Gasteiger partial charge < -0.3 is 14.3 Å². The Morgan fingerprint density at radius 2 is 1.81 bits per heavy atom. The Morgan fingerprint density at radius 1 is 1.04 bits per heavy atom. The first-order chi connectivity index (χ1) is 12.8. The summed E-state index contributed by atoms with van der Waals surface area (Å²) < 4.78 is 13.6. The zero-order chi connectivity index (χ0) is 18.2. The van der Waals surface area contributed by atoms with E-state index in [4.69, 9.17) is 9.47 Å². The van der Waals surface area contributed by atoms with Crippen molar-refractivity contribution in [3.8, 4) is 22.7 Å². The molecule has 0 bridgehead atoms. The van der Waals surface area contributed by atoms with E-state index in [1.165, 1.54) is 0 Å². The van der Waals surface area contributed by atoms with Gasteiger partial charge in [-0.15, -0.1) is 0 Å². The summed E-state index contributed by atoms with van der Waals surface area (Å²) in [6.07, 6.45) is 6.67. The summed E-state index contributed by atoms with van der Waals surface area (Å²) >= 11 is 3.56. The third kappa shape index (κ3) is 4.77. The molecule has 26 heavy (non-hydrogen) atoms. The number of pyridine rings is 1. The minimum absolute atomic E-state index is 0.412. The number of hydrogen-bond acceptors (Lipinski definition) is 5. The summed E-state index contributed by atoms with van der Waals surface area (Å²) in [4.78, 5) is 14.2. The van der Waals surface area contributed by atoms with Gasteiger partial charge in [0, 0.05) is 30.6 Å². The maximum absolute atomic E-state index is 10.2. The van der Waals surface area contributed by atoms with Gasteiger partial charge in [-0.1, -0.05) is 0 Å². The highest BCUT2D eigenvalue weighted by Gasteiger charge is 2.10. The van der Waals surface area contributed by atoms with E-state index in [0.717, 1.165) is 33.5 Å². The highest BCUT2D eigenvalue weighted by molar-refractivity contribution is 9.10. The molecule has 7 heteroatoms. The predicted molar refractivity (Wildman–Crippen MR) is 101 cm³/mol. The quantitative estimate of drug-likeness (QED) is 0.393. The van der Waals surface area contributed by atoms with Gasteiger partial charge in [0.15, 0.2) is 0 Å². The molecule has 0 spiro atoms. The molecule has 0 aliphatic carbocycles. The van der Waals surface area contributed by atoms with E-state index in [-0.39, 0.29) is 0 Å². The largest absolute Gasteiger partial charge is 0.491 e. The maximum atomic E-state index is 10.2. The Morgan fingerprint density at radius 3 is 2.54 bits per heavy atom. The summed E-state index contributed by atoms with van der Waals surface area (Å²) in [6.45, 7) is 1.33. The van der Waals surface area contributed by atoms with E-state index < -0.39 is 0 Å². The number of nitrogens with zero attached hydrogens (tertiary/aromatic N) is 3. The fraction of sp³-hybridized carbons (Fsp3) is 0.211. The number of benzene rings is 1. The average molecular weight is 416 g/mol. The summed E-state index contributed by atoms with van der Waals surface area (Å²) in [5.41, 5.74) is 2.79. The van der Waals surface area contributed by atoms with Crippen LogP contribution in [0.1, 0.15) is 6.42 Å². The molecule has 0 aliphatic rings. The number of rotatable bonds is 9. The van der Waals surface area contributed by atoms with E-state index in [1.54, 1.807) is 12.4 Å². The lowest BCUT2D eigenvalue weighted by atomic mass is 10.2. The van der Waals surface area contributed by atoms with Gasteiger partial charge in [-0.25, -0.2) is 4.68 Å². The maximum Gasteiger partial charge on any atom is 0.122 e. The molecule has 0 unspecified atom stereocenters. The highest BCUT2D eigenvalue weighted by atomic mass is 79.9. The first-order valence-corrected chi connectivity index (χ1v) is 8.97. The Labute approximate surface area is 159 Å². The second-order valence-corrected chi connectivity index (χ2v) is 6.27. The van der Waals surface area contributed by atoms with Gasteiger partial charge in [0.2, 0.25) is 0 Å². The number of aldehydes is 1. The first kappa shape index (κ1) is 18.3. The third-order valence-corrected chi connectivity index (χ3v) is 4.18. The van der Waals surface area contributed by atoms with Gasteiger partial charge in [0.25, 0.3) is 0 Å². The molecule has 0 N–H and O–H groups in total. The van der Waals surface area contributed by atoms with Crippen LogP contribution in [0.5, 0.6) is 5.75 Å². The molecule has 3 aromatic rings. The molecular weight excluding hydrogens is 398 g/mol. The van der Waals surface area contributed by atoms with Crippen molar-refractivity contribution in [1.29, 1.82) is 0 Å². The van der Waals surface area contributed by atoms with Crippen molar-refractivity contribution in [2.75, 3.05) is 19.8 Å². The van der Waals surface area contributed by atoms with Gasteiger partial charge in [0.05, 0.1) is 23.4 Å². The van der Waals surface area contributed by atoms with Crippen LogP contribution in [0, 0.1) is 0 Å². The molecule has 0 saturated carbocycles. The third-order valence-electron chi connectivity index (χ3n) is 3.60. The summed E-state index contributed by atoms with van der Waals surface area (Å²) in [5.74, 6) is 0.758. The Balaban J connectivity index is 1.61. The summed E-state index contributed by atoms with van der Waals surface area (Å²) in [6, 6.07) is 11.5. The second-order valence-electron chi connectivity index (χ2n) is 5.42. The lowest BCUT2D eigenvalue weighted by Crippen LogP contribution is -2.07. The Hall–Kier alpha value is -2.51. The van der Waals surface area contributed by atoms with Gasteiger partial charge in [-0.2, -0.15) is 5.10 Å². The van der Waals surface area contributed by atoms with E-state index >= 15 is 0 Å². The van der Waals surface area contributed by atoms with Crippen LogP contribution < -0.4 is 4.74 Å². The molecule has 134 valence electrons. The topological polar surface area (TPSA) is 66.2 Å². The van der Waals surface area contributed by atoms with Crippen molar-refractivity contribution in [3.63, 3.8) is 0 Å². The van der Waals surface area contributed by atoms with Crippen LogP contribution in [-0.2, 0) is 9.53 Å². The predicted octanol–water partition coefficient (Wildman–Crippen LogP) is 3.68. The lowest BCUT2D eigenvalue weighted by Gasteiger charge is -2.07. The van der Waals surface area contributed by atoms with Crippen molar-refractivity contribution in [2.24, 2.45) is 0 Å². The van der Waals surface area contributed by atoms with Crippen molar-refractivity contribution in [2.45, 2.75) is 6.42 Å². The molecule has 2 aromatic heterocycles. The average Bonchev–Trinajstić information content (AvgIpc) is 3.07. The minimum atomic E-state index is 0.412. The minimum Gasteiger partial charge on any atom is -0.491 e. The van der Waals surface area contributed by atoms with Crippen molar-refractivity contribution >= 4 is 22.2 Å². The van der Waals surface area contributed by atoms with Gasteiger partial charge >= 0.3 is 0 Å². The smallest absolute Gasteiger partial charge is 0.122 e. The van der Waals surface area contributed by atoms with E-state index in [1.807, 2.05) is 47.3 Å². The number of carbonyl (C=O) groups excluding carboxylic acids is 1. The Bertz CT molecular complexity index is 835. The molecule has 0 saturated heterocycles. The van der Waals surface area contributed by atoms with Crippen LogP contribution in [0.3, 0.4) is 0 Å². The van der Waals surface area contributed by atoms with Crippen LogP contribution in [0.2, 0.25) is 0 Å². The van der Waals surface area contributed by atoms with Crippen LogP contribution >= 0.6 is 15.9 Å². The molecule has 2 heterocycles. The molecule has 0 fully saturated rings. The standard InChI is InChI=1S/C19H18BrN3O3/c20-18-14-23(22-19(18)15-6-8-21-9-7-15)16-2-4-17(5-3-16)26-13-12-25-11-1-10-24/h2-10,14H,1,11-13H2. The van der Waals surface area contributed by atoms with Gasteiger partial charge in [-0.05, 0) is 52.3 Å². The zero-order valence-corrected chi connectivity index (χ0v) is 15.6. The highest BCUT2D eigenvalue weighted by Crippen LogP contribution is 2.27. The molecule has 0 atom stereocenters. The molecule has 6 nitrogen and oxygen atoms in total. The SMILES string of the molecule is O=CCCOCCOc1ccc(-n2cc(Br)c(-c3ccncc3)n2)cc1. The van der Waals surface area contributed by atoms with Gasteiger partial charge in [0.1, 0.15) is 24.3 Å². The Kier molecular flexibility index (Phi) is 6.51. The number of carbonyl (C=O) groups is 1. The molecular formula is C19H18BrN3O3. The van der Waals surface area contributed by atoms with Crippen LogP contribution in [0.15, 0.2) is 59.5 Å². The molecule has 0 aliphatic heterocycles. The number of ether oxygens (including phenoxy) is 2. The second kappa shape index (κ2) is 9.26. The fourth-order valence-corrected chi connectivity index (χ4v) is 2.84. The molecule has 0 radical (unpaired) electrons. The van der Waals surface area contributed by atoms with Crippen molar-refractivity contribution in [3.05, 3.63) is 59.5 Å². The lowest BCUT2D eigenvalue weighted by molar-refractivity contribution is -0.108. The number of halogens is 1. The molecule has 0 amide bonds. The van der Waals surface area contributed by atoms with Crippen LogP contribution in [0.25, 0.3) is 16.9 Å². The number of hydrogen-bond donors (Lipinski definition) is 0.